The van der Waals surface area contributed by atoms with Gasteiger partial charge in [-0.15, -0.1) is 0 Å². The molecule has 11 N–H and O–H groups in total. The van der Waals surface area contributed by atoms with Gasteiger partial charge in [0.15, 0.2) is 11.9 Å². The number of allylic oxidation sites excluding steroid dienone is 4. The smallest absolute Gasteiger partial charge is 0.335 e. The first-order chi connectivity index (χ1) is 28.4. The van der Waals surface area contributed by atoms with Crippen LogP contribution in [0.1, 0.15) is 77.2 Å². The number of aliphatic hydroxyl groups is 3. The van der Waals surface area contributed by atoms with Crippen LogP contribution in [0.5, 0.6) is 46.0 Å². The van der Waals surface area contributed by atoms with E-state index in [0.29, 0.717) is 16.7 Å². The second-order valence-corrected chi connectivity index (χ2v) is 15.3. The maximum absolute atomic E-state index is 15.5. The molecule has 0 bridgehead atoms. The highest BCUT2D eigenvalue weighted by molar-refractivity contribution is 6.02. The van der Waals surface area contributed by atoms with E-state index in [4.69, 9.17) is 9.47 Å². The molecular formula is C45H46O15. The summed E-state index contributed by atoms with van der Waals surface area (Å²) < 4.78 is 11.5. The lowest BCUT2D eigenvalue weighted by Gasteiger charge is -2.39. The Bertz CT molecular complexity index is 2370. The number of aliphatic hydroxyl groups excluding tert-OH is 3. The zero-order valence-electron chi connectivity index (χ0n) is 32.7. The van der Waals surface area contributed by atoms with Gasteiger partial charge in [0.05, 0.1) is 5.56 Å². The van der Waals surface area contributed by atoms with Crippen molar-refractivity contribution in [2.75, 3.05) is 0 Å². The summed E-state index contributed by atoms with van der Waals surface area (Å²) in [5.41, 5.74) is 2.06. The molecule has 8 unspecified atom stereocenters. The molecule has 1 saturated heterocycles. The van der Waals surface area contributed by atoms with E-state index in [1.807, 2.05) is 0 Å². The Morgan fingerprint density at radius 1 is 0.767 bits per heavy atom. The van der Waals surface area contributed by atoms with Crippen molar-refractivity contribution in [2.45, 2.75) is 76.2 Å². The number of phenols is 7. The van der Waals surface area contributed by atoms with Gasteiger partial charge in [-0.05, 0) is 87.2 Å². The molecule has 0 radical (unpaired) electrons. The van der Waals surface area contributed by atoms with Gasteiger partial charge in [-0.2, -0.15) is 0 Å². The molecule has 1 heterocycles. The lowest BCUT2D eigenvalue weighted by atomic mass is 9.65. The number of hydrogen-bond acceptors (Lipinski definition) is 14. The number of carbonyl (C=O) groups is 2. The molecule has 1 fully saturated rings. The number of Topliss-reactive ketones (excluding diaryl/α,β-unsaturated/α-hetero) is 1. The van der Waals surface area contributed by atoms with Gasteiger partial charge in [0.1, 0.15) is 64.3 Å². The van der Waals surface area contributed by atoms with E-state index in [9.17, 15) is 61.0 Å². The Morgan fingerprint density at radius 2 is 1.42 bits per heavy atom. The van der Waals surface area contributed by atoms with E-state index < -0.39 is 71.7 Å². The fourth-order valence-corrected chi connectivity index (χ4v) is 7.80. The Labute approximate surface area is 343 Å². The van der Waals surface area contributed by atoms with Crippen LogP contribution in [0.3, 0.4) is 0 Å². The highest BCUT2D eigenvalue weighted by Gasteiger charge is 2.49. The highest BCUT2D eigenvalue weighted by Crippen LogP contribution is 2.53. The minimum absolute atomic E-state index is 0.00921. The number of carboxylic acid groups (broad SMARTS) is 1. The fraction of sp³-hybridized carbons (Fsp3) is 0.289. The van der Waals surface area contributed by atoms with Crippen molar-refractivity contribution < 1.29 is 75.2 Å². The fourth-order valence-electron chi connectivity index (χ4n) is 7.80. The van der Waals surface area contributed by atoms with Gasteiger partial charge in [0.25, 0.3) is 0 Å². The van der Waals surface area contributed by atoms with Gasteiger partial charge in [0, 0.05) is 46.6 Å². The molecular weight excluding hydrogens is 780 g/mol. The molecule has 0 aromatic heterocycles. The van der Waals surface area contributed by atoms with E-state index in [1.165, 1.54) is 60.7 Å². The van der Waals surface area contributed by atoms with Crippen LogP contribution in [0.25, 0.3) is 12.2 Å². The SMILES string of the molecule is CC(C)=CCc1c(O)ccc(C(=O)C2C(c3c(O)cc(/C=C/c4ccc(O)cc4O)cc3O)C=C(C)CC2c2ccc(O)cc2O)c1OC1OC(C(=O)O)C(O)C(O)C1O. The number of aliphatic carboxylic acids is 1. The standard InChI is InChI=1S/C45H46O15/c1-20(2)4-10-27-31(48)13-12-28(42(27)59-45-41(56)39(54)40(55)43(60-45)44(57)58)38(53)36-29(26-11-9-25(47)19-33(26)50)14-21(3)15-30(36)37-34(51)16-22(17-35(37)52)5-6-23-7-8-24(46)18-32(23)49/h4-9,11-13,15-19,29-30,36,39-41,43,45-52,54-56H,10,14H2,1-3H3,(H,57,58)/b6-5+. The van der Waals surface area contributed by atoms with E-state index in [2.05, 4.69) is 0 Å². The van der Waals surface area contributed by atoms with Gasteiger partial charge >= 0.3 is 5.97 Å². The first-order valence-electron chi connectivity index (χ1n) is 18.9. The molecule has 15 nitrogen and oxygen atoms in total. The van der Waals surface area contributed by atoms with Crippen molar-refractivity contribution in [2.24, 2.45) is 5.92 Å². The van der Waals surface area contributed by atoms with Crippen LogP contribution < -0.4 is 4.74 Å². The van der Waals surface area contributed by atoms with Gasteiger partial charge in [0.2, 0.25) is 6.29 Å². The maximum Gasteiger partial charge on any atom is 0.335 e. The van der Waals surface area contributed by atoms with E-state index in [1.54, 1.807) is 32.9 Å². The molecule has 6 rings (SSSR count). The molecule has 4 aromatic rings. The van der Waals surface area contributed by atoms with Crippen LogP contribution >= 0.6 is 0 Å². The third kappa shape index (κ3) is 8.74. The average molecular weight is 827 g/mol. The van der Waals surface area contributed by atoms with Gasteiger partial charge < -0.3 is 65.6 Å². The van der Waals surface area contributed by atoms with Gasteiger partial charge in [-0.25, -0.2) is 4.79 Å². The lowest BCUT2D eigenvalue weighted by Crippen LogP contribution is -2.61. The van der Waals surface area contributed by atoms with Gasteiger partial charge in [-0.3, -0.25) is 4.79 Å². The Morgan fingerprint density at radius 3 is 2.03 bits per heavy atom. The number of phenolic OH excluding ortho intramolecular Hbond substituents is 7. The lowest BCUT2D eigenvalue weighted by molar-refractivity contribution is -0.271. The summed E-state index contributed by atoms with van der Waals surface area (Å²) in [6.45, 7) is 5.33. The Hall–Kier alpha value is -6.52. The van der Waals surface area contributed by atoms with Crippen LogP contribution in [0, 0.1) is 5.92 Å². The van der Waals surface area contributed by atoms with Crippen LogP contribution in [0.4, 0.5) is 0 Å². The monoisotopic (exact) mass is 826 g/mol. The van der Waals surface area contributed by atoms with Crippen molar-refractivity contribution in [1.82, 2.24) is 0 Å². The van der Waals surface area contributed by atoms with E-state index >= 15 is 4.79 Å². The molecule has 0 saturated carbocycles. The minimum atomic E-state index is -2.06. The summed E-state index contributed by atoms with van der Waals surface area (Å²) in [6, 6.07) is 13.0. The predicted octanol–water partition coefficient (Wildman–Crippen LogP) is 5.29. The summed E-state index contributed by atoms with van der Waals surface area (Å²) in [5.74, 6) is -8.28. The number of hydrogen-bond donors (Lipinski definition) is 11. The molecule has 4 aromatic carbocycles. The number of benzene rings is 4. The third-order valence-corrected chi connectivity index (χ3v) is 10.8. The predicted molar refractivity (Wildman–Crippen MR) is 216 cm³/mol. The van der Waals surface area contributed by atoms with Crippen LogP contribution in [0.15, 0.2) is 84.0 Å². The summed E-state index contributed by atoms with van der Waals surface area (Å²) in [5, 5.41) is 117. The van der Waals surface area contributed by atoms with Crippen LogP contribution in [-0.2, 0) is 16.0 Å². The van der Waals surface area contributed by atoms with Crippen molar-refractivity contribution in [3.8, 4) is 46.0 Å². The second kappa shape index (κ2) is 17.4. The summed E-state index contributed by atoms with van der Waals surface area (Å²) >= 11 is 0. The maximum atomic E-state index is 15.5. The van der Waals surface area contributed by atoms with Crippen molar-refractivity contribution in [3.63, 3.8) is 0 Å². The first kappa shape index (κ1) is 43.1. The number of aromatic hydroxyl groups is 7. The van der Waals surface area contributed by atoms with E-state index in [0.717, 1.165) is 17.7 Å². The quantitative estimate of drug-likeness (QED) is 0.0521. The number of carboxylic acids is 1. The van der Waals surface area contributed by atoms with Crippen molar-refractivity contribution in [3.05, 3.63) is 117 Å². The second-order valence-electron chi connectivity index (χ2n) is 15.3. The highest BCUT2D eigenvalue weighted by atomic mass is 16.7. The largest absolute Gasteiger partial charge is 0.508 e. The molecule has 0 spiro atoms. The molecule has 2 aliphatic rings. The number of ketones is 1. The van der Waals surface area contributed by atoms with E-state index in [-0.39, 0.29) is 69.6 Å². The average Bonchev–Trinajstić information content (AvgIpc) is 3.16. The van der Waals surface area contributed by atoms with Crippen molar-refractivity contribution >= 4 is 23.9 Å². The molecule has 15 heteroatoms. The molecule has 316 valence electrons. The molecule has 1 aliphatic heterocycles. The third-order valence-electron chi connectivity index (χ3n) is 10.8. The molecule has 1 aliphatic carbocycles. The zero-order chi connectivity index (χ0) is 43.7. The normalized spacial score (nSPS) is 24.1. The van der Waals surface area contributed by atoms with Crippen molar-refractivity contribution in [1.29, 1.82) is 0 Å². The Balaban J connectivity index is 1.52. The zero-order valence-corrected chi connectivity index (χ0v) is 32.7. The molecule has 0 amide bonds. The van der Waals surface area contributed by atoms with Crippen LogP contribution in [-0.4, -0.2) is 98.6 Å². The first-order valence-corrected chi connectivity index (χ1v) is 18.9. The summed E-state index contributed by atoms with van der Waals surface area (Å²) in [7, 11) is 0. The topological polar surface area (TPSA) is 275 Å². The molecule has 8 atom stereocenters. The van der Waals surface area contributed by atoms with Crippen LogP contribution in [0.2, 0.25) is 0 Å². The number of ether oxygens (including phenoxy) is 2. The number of rotatable bonds is 11. The van der Waals surface area contributed by atoms with Gasteiger partial charge in [-0.1, -0.05) is 41.5 Å². The minimum Gasteiger partial charge on any atom is -0.508 e. The summed E-state index contributed by atoms with van der Waals surface area (Å²) in [4.78, 5) is 27.4. The Kier molecular flexibility index (Phi) is 12.5. The summed E-state index contributed by atoms with van der Waals surface area (Å²) in [6.07, 6.45) is -3.69. The number of carbonyl (C=O) groups excluding carboxylic acids is 1. The molecule has 60 heavy (non-hydrogen) atoms.